The van der Waals surface area contributed by atoms with Crippen molar-refractivity contribution in [1.29, 1.82) is 0 Å². The summed E-state index contributed by atoms with van der Waals surface area (Å²) in [5, 5.41) is 1.19. The minimum atomic E-state index is -0.0922. The standard InChI is InChI=1S/C15H15BrCl2N2S/c1-15(2,3)13-12(16)14(18)20-11(19-13)8-21-10-6-4-9(17)5-7-10/h4-7H,8H2,1-3H3. The van der Waals surface area contributed by atoms with Gasteiger partial charge in [-0.3, -0.25) is 0 Å². The summed E-state index contributed by atoms with van der Waals surface area (Å²) < 4.78 is 0.775. The van der Waals surface area contributed by atoms with Gasteiger partial charge in [-0.1, -0.05) is 44.0 Å². The lowest BCUT2D eigenvalue weighted by Gasteiger charge is -2.20. The molecule has 2 nitrogen and oxygen atoms in total. The van der Waals surface area contributed by atoms with Gasteiger partial charge in [0, 0.05) is 15.3 Å². The first-order valence-electron chi connectivity index (χ1n) is 6.38. The van der Waals surface area contributed by atoms with E-state index in [1.807, 2.05) is 24.3 Å². The Hall–Kier alpha value is -0.290. The molecule has 0 aliphatic rings. The zero-order valence-corrected chi connectivity index (χ0v) is 15.9. The van der Waals surface area contributed by atoms with Crippen LogP contribution in [0.3, 0.4) is 0 Å². The molecule has 21 heavy (non-hydrogen) atoms. The molecule has 6 heteroatoms. The van der Waals surface area contributed by atoms with Gasteiger partial charge >= 0.3 is 0 Å². The van der Waals surface area contributed by atoms with E-state index >= 15 is 0 Å². The Kier molecular flexibility index (Phi) is 5.58. The summed E-state index contributed by atoms with van der Waals surface area (Å²) in [6.07, 6.45) is 0. The van der Waals surface area contributed by atoms with E-state index in [4.69, 9.17) is 23.2 Å². The molecule has 0 N–H and O–H groups in total. The summed E-state index contributed by atoms with van der Waals surface area (Å²) in [6, 6.07) is 7.72. The van der Waals surface area contributed by atoms with E-state index in [-0.39, 0.29) is 5.41 Å². The largest absolute Gasteiger partial charge is 0.235 e. The van der Waals surface area contributed by atoms with Crippen LogP contribution >= 0.6 is 50.9 Å². The predicted molar refractivity (Wildman–Crippen MR) is 94.5 cm³/mol. The normalized spacial score (nSPS) is 11.7. The second-order valence-corrected chi connectivity index (χ2v) is 8.22. The lowest BCUT2D eigenvalue weighted by Crippen LogP contribution is -2.16. The molecule has 1 aromatic carbocycles. The highest BCUT2D eigenvalue weighted by Gasteiger charge is 2.22. The topological polar surface area (TPSA) is 25.8 Å². The third-order valence-electron chi connectivity index (χ3n) is 2.75. The fourth-order valence-electron chi connectivity index (χ4n) is 1.70. The SMILES string of the molecule is CC(C)(C)c1nc(CSc2ccc(Cl)cc2)nc(Cl)c1Br. The molecule has 0 amide bonds. The van der Waals surface area contributed by atoms with E-state index in [9.17, 15) is 0 Å². The summed E-state index contributed by atoms with van der Waals surface area (Å²) in [5.41, 5.74) is 0.833. The molecule has 0 aliphatic heterocycles. The van der Waals surface area contributed by atoms with Crippen LogP contribution in [0.2, 0.25) is 10.2 Å². The zero-order chi connectivity index (χ0) is 15.6. The summed E-state index contributed by atoms with van der Waals surface area (Å²) >= 11 is 17.2. The van der Waals surface area contributed by atoms with Gasteiger partial charge in [-0.25, -0.2) is 9.97 Å². The van der Waals surface area contributed by atoms with Gasteiger partial charge < -0.3 is 0 Å². The first-order valence-corrected chi connectivity index (χ1v) is 8.91. The van der Waals surface area contributed by atoms with E-state index in [2.05, 4.69) is 46.7 Å². The number of hydrogen-bond donors (Lipinski definition) is 0. The average Bonchev–Trinajstić information content (AvgIpc) is 2.40. The number of benzene rings is 1. The maximum Gasteiger partial charge on any atom is 0.147 e. The molecule has 2 aromatic rings. The van der Waals surface area contributed by atoms with Gasteiger partial charge in [0.05, 0.1) is 15.9 Å². The van der Waals surface area contributed by atoms with E-state index in [0.717, 1.165) is 25.9 Å². The summed E-state index contributed by atoms with van der Waals surface area (Å²) in [5.74, 6) is 1.39. The van der Waals surface area contributed by atoms with Gasteiger partial charge in [-0.2, -0.15) is 0 Å². The van der Waals surface area contributed by atoms with Crippen molar-refractivity contribution < 1.29 is 0 Å². The molecule has 1 heterocycles. The maximum absolute atomic E-state index is 6.20. The Labute approximate surface area is 147 Å². The smallest absolute Gasteiger partial charge is 0.147 e. The van der Waals surface area contributed by atoms with Crippen molar-refractivity contribution in [2.75, 3.05) is 0 Å². The van der Waals surface area contributed by atoms with Crippen molar-refractivity contribution in [1.82, 2.24) is 9.97 Å². The van der Waals surface area contributed by atoms with Crippen LogP contribution in [0.1, 0.15) is 32.3 Å². The van der Waals surface area contributed by atoms with Gasteiger partial charge in [0.15, 0.2) is 0 Å². The summed E-state index contributed by atoms with van der Waals surface area (Å²) in [7, 11) is 0. The number of halogens is 3. The van der Waals surface area contributed by atoms with Crippen molar-refractivity contribution in [2.45, 2.75) is 36.8 Å². The average molecular weight is 406 g/mol. The highest BCUT2D eigenvalue weighted by atomic mass is 79.9. The highest BCUT2D eigenvalue weighted by molar-refractivity contribution is 9.10. The molecule has 0 radical (unpaired) electrons. The summed E-state index contributed by atoms with van der Waals surface area (Å²) in [4.78, 5) is 10.1. The van der Waals surface area contributed by atoms with Crippen LogP contribution < -0.4 is 0 Å². The molecule has 0 bridgehead atoms. The van der Waals surface area contributed by atoms with E-state index in [1.165, 1.54) is 0 Å². The Morgan fingerprint density at radius 1 is 1.10 bits per heavy atom. The summed E-state index contributed by atoms with van der Waals surface area (Å²) in [6.45, 7) is 6.31. The molecular weight excluding hydrogens is 391 g/mol. The van der Waals surface area contributed by atoms with E-state index in [1.54, 1.807) is 11.8 Å². The van der Waals surface area contributed by atoms with Crippen LogP contribution in [0.5, 0.6) is 0 Å². The molecule has 0 atom stereocenters. The third-order valence-corrected chi connectivity index (χ3v) is 5.26. The quantitative estimate of drug-likeness (QED) is 0.453. The van der Waals surface area contributed by atoms with E-state index < -0.39 is 0 Å². The van der Waals surface area contributed by atoms with Crippen LogP contribution in [0.15, 0.2) is 33.6 Å². The lowest BCUT2D eigenvalue weighted by atomic mass is 9.92. The maximum atomic E-state index is 6.20. The fraction of sp³-hybridized carbons (Fsp3) is 0.333. The molecule has 0 saturated heterocycles. The van der Waals surface area contributed by atoms with Crippen molar-refractivity contribution in [3.05, 3.63) is 50.4 Å². The number of thioether (sulfide) groups is 1. The van der Waals surface area contributed by atoms with Gasteiger partial charge in [0.2, 0.25) is 0 Å². The number of hydrogen-bond acceptors (Lipinski definition) is 3. The van der Waals surface area contributed by atoms with Crippen LogP contribution in [0.4, 0.5) is 0 Å². The van der Waals surface area contributed by atoms with Gasteiger partial charge in [-0.15, -0.1) is 11.8 Å². The predicted octanol–water partition coefficient (Wildman–Crippen LogP) is 6.14. The van der Waals surface area contributed by atoms with Crippen molar-refractivity contribution in [3.63, 3.8) is 0 Å². The zero-order valence-electron chi connectivity index (χ0n) is 12.0. The molecular formula is C15H15BrCl2N2S. The van der Waals surface area contributed by atoms with Crippen LogP contribution in [-0.4, -0.2) is 9.97 Å². The Balaban J connectivity index is 2.21. The van der Waals surface area contributed by atoms with Crippen LogP contribution in [0.25, 0.3) is 0 Å². The molecule has 0 aliphatic carbocycles. The van der Waals surface area contributed by atoms with Gasteiger partial charge in [-0.05, 0) is 40.2 Å². The second kappa shape index (κ2) is 6.86. The molecule has 112 valence electrons. The van der Waals surface area contributed by atoms with Crippen molar-refractivity contribution in [3.8, 4) is 0 Å². The lowest BCUT2D eigenvalue weighted by molar-refractivity contribution is 0.560. The second-order valence-electron chi connectivity index (χ2n) is 5.59. The Bertz CT molecular complexity index is 639. The number of rotatable bonds is 3. The van der Waals surface area contributed by atoms with E-state index in [0.29, 0.717) is 10.9 Å². The molecule has 0 saturated carbocycles. The van der Waals surface area contributed by atoms with Crippen LogP contribution in [0, 0.1) is 0 Å². The monoisotopic (exact) mass is 404 g/mol. The first kappa shape index (κ1) is 17.1. The fourth-order valence-corrected chi connectivity index (χ4v) is 3.54. The molecule has 0 fully saturated rings. The van der Waals surface area contributed by atoms with Gasteiger partial charge in [0.1, 0.15) is 11.0 Å². The van der Waals surface area contributed by atoms with Gasteiger partial charge in [0.25, 0.3) is 0 Å². The Morgan fingerprint density at radius 2 is 1.71 bits per heavy atom. The van der Waals surface area contributed by atoms with Crippen LogP contribution in [-0.2, 0) is 11.2 Å². The first-order chi connectivity index (χ1) is 9.77. The highest BCUT2D eigenvalue weighted by Crippen LogP contribution is 2.33. The van der Waals surface area contributed by atoms with Crippen molar-refractivity contribution >= 4 is 50.9 Å². The third kappa shape index (κ3) is 4.59. The minimum absolute atomic E-state index is 0.0922. The minimum Gasteiger partial charge on any atom is -0.235 e. The Morgan fingerprint density at radius 3 is 2.29 bits per heavy atom. The molecule has 0 unspecified atom stereocenters. The number of nitrogens with zero attached hydrogens (tertiary/aromatic N) is 2. The molecule has 1 aromatic heterocycles. The van der Waals surface area contributed by atoms with Crippen molar-refractivity contribution in [2.24, 2.45) is 0 Å². The molecule has 2 rings (SSSR count). The number of aromatic nitrogens is 2. The molecule has 0 spiro atoms.